The largest absolute Gasteiger partial charge is 0.397 e. The minimum Gasteiger partial charge on any atom is -0.397 e. The first kappa shape index (κ1) is 11.6. The Kier molecular flexibility index (Phi) is 3.28. The summed E-state index contributed by atoms with van der Waals surface area (Å²) in [4.78, 5) is 0. The molecule has 0 saturated carbocycles. The van der Waals surface area contributed by atoms with Gasteiger partial charge in [0.05, 0.1) is 11.4 Å². The van der Waals surface area contributed by atoms with Crippen molar-refractivity contribution in [3.05, 3.63) is 24.0 Å². The quantitative estimate of drug-likeness (QED) is 0.797. The van der Waals surface area contributed by atoms with Gasteiger partial charge in [-0.05, 0) is 43.7 Å². The first-order valence-corrected chi connectivity index (χ1v) is 6.50. The van der Waals surface area contributed by atoms with E-state index in [2.05, 4.69) is 12.2 Å². The van der Waals surface area contributed by atoms with Gasteiger partial charge in [0, 0.05) is 11.3 Å². The summed E-state index contributed by atoms with van der Waals surface area (Å²) in [5.74, 6) is 0.970. The van der Waals surface area contributed by atoms with Gasteiger partial charge >= 0.3 is 0 Å². The number of anilines is 2. The summed E-state index contributed by atoms with van der Waals surface area (Å²) in [5.41, 5.74) is 7.09. The van der Waals surface area contributed by atoms with Crippen molar-refractivity contribution >= 4 is 23.1 Å². The maximum atomic E-state index is 13.0. The maximum Gasteiger partial charge on any atom is 0.125 e. The van der Waals surface area contributed by atoms with Crippen molar-refractivity contribution in [1.82, 2.24) is 0 Å². The lowest BCUT2D eigenvalue weighted by Crippen LogP contribution is -2.27. The highest BCUT2D eigenvalue weighted by molar-refractivity contribution is 8.00. The molecule has 0 aromatic heterocycles. The Morgan fingerprint density at radius 3 is 3.06 bits per heavy atom. The predicted molar refractivity (Wildman–Crippen MR) is 69.4 cm³/mol. The van der Waals surface area contributed by atoms with Crippen LogP contribution in [0.1, 0.15) is 19.8 Å². The van der Waals surface area contributed by atoms with Crippen LogP contribution in [0.2, 0.25) is 0 Å². The maximum absolute atomic E-state index is 13.0. The van der Waals surface area contributed by atoms with E-state index >= 15 is 0 Å². The van der Waals surface area contributed by atoms with Gasteiger partial charge < -0.3 is 11.1 Å². The van der Waals surface area contributed by atoms with Crippen molar-refractivity contribution in [3.8, 4) is 0 Å². The molecule has 1 aliphatic rings. The minimum atomic E-state index is -0.249. The van der Waals surface area contributed by atoms with Gasteiger partial charge in [0.2, 0.25) is 0 Å². The van der Waals surface area contributed by atoms with Crippen LogP contribution in [0.25, 0.3) is 0 Å². The Labute approximate surface area is 99.8 Å². The van der Waals surface area contributed by atoms with Crippen molar-refractivity contribution in [2.24, 2.45) is 0 Å². The molecule has 2 nitrogen and oxygen atoms in total. The summed E-state index contributed by atoms with van der Waals surface area (Å²) in [6.45, 7) is 3.08. The lowest BCUT2D eigenvalue weighted by Gasteiger charge is -2.24. The molecular formula is C12H17FN2S. The van der Waals surface area contributed by atoms with Gasteiger partial charge in [0.25, 0.3) is 0 Å². The summed E-state index contributed by atoms with van der Waals surface area (Å²) >= 11 is 1.98. The standard InChI is InChI=1S/C12H17FN2S/c1-12(5-2-6-16-12)8-15-11-7-9(13)3-4-10(11)14/h3-4,7,15H,2,5-6,8,14H2,1H3. The molecule has 4 heteroatoms. The number of benzene rings is 1. The van der Waals surface area contributed by atoms with Crippen molar-refractivity contribution in [2.45, 2.75) is 24.5 Å². The first-order valence-electron chi connectivity index (χ1n) is 5.52. The second kappa shape index (κ2) is 4.53. The third kappa shape index (κ3) is 2.61. The highest BCUT2D eigenvalue weighted by atomic mass is 32.2. The molecule has 1 fully saturated rings. The smallest absolute Gasteiger partial charge is 0.125 e. The van der Waals surface area contributed by atoms with E-state index < -0.39 is 0 Å². The number of nitrogens with one attached hydrogen (secondary N) is 1. The van der Waals surface area contributed by atoms with E-state index in [1.807, 2.05) is 11.8 Å². The fourth-order valence-electron chi connectivity index (χ4n) is 1.94. The van der Waals surface area contributed by atoms with Gasteiger partial charge in [0.15, 0.2) is 0 Å². The number of rotatable bonds is 3. The molecule has 88 valence electrons. The van der Waals surface area contributed by atoms with Gasteiger partial charge in [-0.25, -0.2) is 4.39 Å². The van der Waals surface area contributed by atoms with Crippen LogP contribution in [-0.2, 0) is 0 Å². The molecule has 1 saturated heterocycles. The van der Waals surface area contributed by atoms with E-state index in [1.165, 1.54) is 30.7 Å². The molecule has 1 unspecified atom stereocenters. The number of hydrogen-bond donors (Lipinski definition) is 2. The van der Waals surface area contributed by atoms with Gasteiger partial charge in [-0.2, -0.15) is 11.8 Å². The molecule has 16 heavy (non-hydrogen) atoms. The second-order valence-corrected chi connectivity index (χ2v) is 6.17. The lowest BCUT2D eigenvalue weighted by atomic mass is 10.1. The monoisotopic (exact) mass is 240 g/mol. The lowest BCUT2D eigenvalue weighted by molar-refractivity contribution is 0.624. The van der Waals surface area contributed by atoms with E-state index in [0.29, 0.717) is 11.4 Å². The summed E-state index contributed by atoms with van der Waals surface area (Å²) in [6.07, 6.45) is 2.47. The molecule has 0 bridgehead atoms. The molecule has 0 amide bonds. The SMILES string of the molecule is CC1(CNc2cc(F)ccc2N)CCCS1. The van der Waals surface area contributed by atoms with E-state index in [0.717, 1.165) is 6.54 Å². The van der Waals surface area contributed by atoms with Crippen molar-refractivity contribution in [1.29, 1.82) is 0 Å². The average molecular weight is 240 g/mol. The molecule has 1 aromatic rings. The molecular weight excluding hydrogens is 223 g/mol. The van der Waals surface area contributed by atoms with E-state index in [9.17, 15) is 4.39 Å². The Morgan fingerprint density at radius 1 is 1.56 bits per heavy atom. The first-order chi connectivity index (χ1) is 7.59. The van der Waals surface area contributed by atoms with Crippen LogP contribution in [0.15, 0.2) is 18.2 Å². The van der Waals surface area contributed by atoms with Crippen molar-refractivity contribution in [3.63, 3.8) is 0 Å². The van der Waals surface area contributed by atoms with Crippen LogP contribution in [0.4, 0.5) is 15.8 Å². The Balaban J connectivity index is 2.01. The van der Waals surface area contributed by atoms with E-state index in [1.54, 1.807) is 6.07 Å². The highest BCUT2D eigenvalue weighted by Crippen LogP contribution is 2.38. The third-order valence-corrected chi connectivity index (χ3v) is 4.51. The molecule has 1 heterocycles. The number of thioether (sulfide) groups is 1. The normalized spacial score (nSPS) is 24.6. The Bertz CT molecular complexity index is 375. The van der Waals surface area contributed by atoms with Crippen molar-refractivity contribution < 1.29 is 4.39 Å². The highest BCUT2D eigenvalue weighted by Gasteiger charge is 2.29. The molecule has 2 rings (SSSR count). The van der Waals surface area contributed by atoms with Crippen LogP contribution < -0.4 is 11.1 Å². The molecule has 1 aromatic carbocycles. The minimum absolute atomic E-state index is 0.249. The molecule has 1 aliphatic heterocycles. The zero-order valence-electron chi connectivity index (χ0n) is 9.42. The zero-order chi connectivity index (χ0) is 11.6. The topological polar surface area (TPSA) is 38.0 Å². The number of hydrogen-bond acceptors (Lipinski definition) is 3. The average Bonchev–Trinajstić information content (AvgIpc) is 2.67. The van der Waals surface area contributed by atoms with Gasteiger partial charge in [-0.15, -0.1) is 0 Å². The molecule has 3 N–H and O–H groups in total. The van der Waals surface area contributed by atoms with E-state index in [4.69, 9.17) is 5.73 Å². The van der Waals surface area contributed by atoms with Gasteiger partial charge in [0.1, 0.15) is 5.82 Å². The van der Waals surface area contributed by atoms with E-state index in [-0.39, 0.29) is 10.6 Å². The summed E-state index contributed by atoms with van der Waals surface area (Å²) < 4.78 is 13.3. The van der Waals surface area contributed by atoms with Crippen molar-refractivity contribution in [2.75, 3.05) is 23.3 Å². The second-order valence-electron chi connectivity index (χ2n) is 4.49. The van der Waals surface area contributed by atoms with Crippen LogP contribution in [0, 0.1) is 5.82 Å². The van der Waals surface area contributed by atoms with Gasteiger partial charge in [-0.3, -0.25) is 0 Å². The summed E-state index contributed by atoms with van der Waals surface area (Å²) in [5, 5.41) is 3.25. The molecule has 0 aliphatic carbocycles. The number of nitrogens with two attached hydrogens (primary N) is 1. The molecule has 0 spiro atoms. The number of halogens is 1. The van der Waals surface area contributed by atoms with Crippen LogP contribution in [0.3, 0.4) is 0 Å². The fourth-order valence-corrected chi connectivity index (χ4v) is 3.18. The van der Waals surface area contributed by atoms with Crippen LogP contribution in [0.5, 0.6) is 0 Å². The summed E-state index contributed by atoms with van der Waals surface area (Å²) in [6, 6.07) is 4.44. The fraction of sp³-hybridized carbons (Fsp3) is 0.500. The van der Waals surface area contributed by atoms with Crippen LogP contribution in [-0.4, -0.2) is 17.0 Å². The molecule has 1 atom stereocenters. The Hall–Kier alpha value is -0.900. The summed E-state index contributed by atoms with van der Waals surface area (Å²) in [7, 11) is 0. The Morgan fingerprint density at radius 2 is 2.38 bits per heavy atom. The van der Waals surface area contributed by atoms with Crippen LogP contribution >= 0.6 is 11.8 Å². The third-order valence-electron chi connectivity index (χ3n) is 2.97. The number of nitrogen functional groups attached to an aromatic ring is 1. The zero-order valence-corrected chi connectivity index (χ0v) is 10.2. The van der Waals surface area contributed by atoms with Gasteiger partial charge in [-0.1, -0.05) is 0 Å². The predicted octanol–water partition coefficient (Wildman–Crippen LogP) is 3.11. The molecule has 0 radical (unpaired) electrons.